The highest BCUT2D eigenvalue weighted by Gasteiger charge is 2.78. The largest absolute Gasteiger partial charge is 0.465 e. The Morgan fingerprint density at radius 3 is 2.65 bits per heavy atom. The number of thioether (sulfide) groups is 1. The molecule has 0 aliphatic carbocycles. The molecule has 0 saturated carbocycles. The minimum absolute atomic E-state index is 0.101. The first-order valence-electron chi connectivity index (χ1n) is 15.9. The highest BCUT2D eigenvalue weighted by Crippen LogP contribution is 2.71. The van der Waals surface area contributed by atoms with Gasteiger partial charge in [0.05, 0.1) is 41.4 Å². The molecule has 1 spiro atoms. The van der Waals surface area contributed by atoms with Crippen LogP contribution >= 0.6 is 11.8 Å². The number of unbranched alkanes of at least 4 members (excludes halogenated alkanes) is 1. The van der Waals surface area contributed by atoms with Crippen molar-refractivity contribution in [1.82, 2.24) is 24.8 Å². The number of hydrogen-bond acceptors (Lipinski definition) is 8. The van der Waals surface area contributed by atoms with Gasteiger partial charge in [0.15, 0.2) is 0 Å². The van der Waals surface area contributed by atoms with E-state index in [-0.39, 0.29) is 38.2 Å². The Morgan fingerprint density at radius 1 is 1.15 bits per heavy atom. The summed E-state index contributed by atoms with van der Waals surface area (Å²) in [7, 11) is 0. The number of allylic oxidation sites excluding steroid dienone is 1. The molecule has 0 radical (unpaired) electrons. The smallest absolute Gasteiger partial charge is 0.311 e. The Hall–Kier alpha value is -3.96. The summed E-state index contributed by atoms with van der Waals surface area (Å²) in [6.07, 6.45) is 6.44. The maximum Gasteiger partial charge on any atom is 0.311 e. The van der Waals surface area contributed by atoms with Crippen molar-refractivity contribution in [3.8, 4) is 0 Å². The third-order valence-corrected chi connectivity index (χ3v) is 11.8. The molecule has 3 aromatic rings. The molecule has 1 N–H and O–H groups in total. The van der Waals surface area contributed by atoms with Gasteiger partial charge < -0.3 is 19.6 Å². The number of rotatable bonds is 14. The third kappa shape index (κ3) is 5.43. The zero-order valence-electron chi connectivity index (χ0n) is 26.2. The van der Waals surface area contributed by atoms with Crippen molar-refractivity contribution in [3.63, 3.8) is 0 Å². The van der Waals surface area contributed by atoms with Gasteiger partial charge in [-0.05, 0) is 56.7 Å². The molecule has 3 aliphatic rings. The molecular weight excluding hydrogens is 602 g/mol. The van der Waals surface area contributed by atoms with Crippen LogP contribution in [-0.4, -0.2) is 89.0 Å². The Labute approximate surface area is 273 Å². The predicted octanol–water partition coefficient (Wildman–Crippen LogP) is 4.00. The number of amides is 2. The van der Waals surface area contributed by atoms with E-state index < -0.39 is 39.4 Å². The van der Waals surface area contributed by atoms with Gasteiger partial charge in [-0.3, -0.25) is 14.4 Å². The second kappa shape index (κ2) is 13.0. The van der Waals surface area contributed by atoms with Crippen molar-refractivity contribution >= 4 is 40.6 Å². The number of para-hydroxylation sites is 1. The van der Waals surface area contributed by atoms with E-state index in [0.717, 1.165) is 17.5 Å². The second-order valence-electron chi connectivity index (χ2n) is 12.7. The van der Waals surface area contributed by atoms with Crippen molar-refractivity contribution < 1.29 is 24.2 Å². The van der Waals surface area contributed by atoms with E-state index in [1.807, 2.05) is 61.5 Å². The van der Waals surface area contributed by atoms with Crippen LogP contribution in [0.25, 0.3) is 11.0 Å². The summed E-state index contributed by atoms with van der Waals surface area (Å²) in [4.78, 5) is 46.7. The number of aromatic nitrogens is 3. The monoisotopic (exact) mass is 643 g/mol. The molecule has 6 atom stereocenters. The lowest BCUT2D eigenvalue weighted by Gasteiger charge is -2.39. The molecule has 3 saturated heterocycles. The summed E-state index contributed by atoms with van der Waals surface area (Å²) < 4.78 is 6.02. The van der Waals surface area contributed by atoms with Crippen molar-refractivity contribution in [2.45, 2.75) is 67.3 Å². The predicted molar refractivity (Wildman–Crippen MR) is 176 cm³/mol. The average Bonchev–Trinajstić information content (AvgIpc) is 3.77. The lowest BCUT2D eigenvalue weighted by Crippen LogP contribution is -2.58. The zero-order chi connectivity index (χ0) is 32.5. The number of aliphatic hydroxyl groups is 1. The standard InChI is InChI=1S/C35H41N5O5S/c1-4-6-12-20-45-33(44)29-28-31(42)40(25(22-41)21-24-13-8-7-9-14-24)30(35(28)18-17-34(29,3)46-35)32(43)38(19-5-2)23-39-27-16-11-10-15-26(27)36-37-39/h4-5,7-11,13-16,25,28-30,41H,1-2,6,12,17-23H2,3H3/t25-,28+,29-,30?,34+,35?/m1/s1. The number of aliphatic hydroxyl groups excluding tert-OH is 1. The molecule has 2 unspecified atom stereocenters. The molecule has 4 heterocycles. The third-order valence-electron chi connectivity index (χ3n) is 9.80. The zero-order valence-corrected chi connectivity index (χ0v) is 27.0. The number of hydrogen-bond donors (Lipinski definition) is 1. The minimum atomic E-state index is -0.911. The molecule has 3 fully saturated rings. The van der Waals surface area contributed by atoms with Crippen LogP contribution in [0.4, 0.5) is 0 Å². The number of fused-ring (bicyclic) bond motifs is 2. The topological polar surface area (TPSA) is 118 Å². The van der Waals surface area contributed by atoms with Gasteiger partial charge in [0, 0.05) is 11.3 Å². The van der Waals surface area contributed by atoms with Gasteiger partial charge in [-0.1, -0.05) is 59.8 Å². The van der Waals surface area contributed by atoms with E-state index in [2.05, 4.69) is 23.5 Å². The van der Waals surface area contributed by atoms with Crippen molar-refractivity contribution in [2.24, 2.45) is 11.8 Å². The highest BCUT2D eigenvalue weighted by atomic mass is 32.2. The summed E-state index contributed by atoms with van der Waals surface area (Å²) in [5, 5.41) is 19.4. The van der Waals surface area contributed by atoms with Gasteiger partial charge in [-0.25, -0.2) is 4.68 Å². The summed E-state index contributed by atoms with van der Waals surface area (Å²) in [5.41, 5.74) is 2.43. The van der Waals surface area contributed by atoms with Crippen LogP contribution in [0.1, 0.15) is 38.2 Å². The van der Waals surface area contributed by atoms with Crippen molar-refractivity contribution in [2.75, 3.05) is 19.8 Å². The van der Waals surface area contributed by atoms with Crippen LogP contribution < -0.4 is 0 Å². The van der Waals surface area contributed by atoms with Crippen LogP contribution in [0, 0.1) is 11.8 Å². The Kier molecular flexibility index (Phi) is 9.07. The summed E-state index contributed by atoms with van der Waals surface area (Å²) >= 11 is 1.59. The first-order chi connectivity index (χ1) is 22.3. The Balaban J connectivity index is 1.40. The fourth-order valence-corrected chi connectivity index (χ4v) is 10.1. The van der Waals surface area contributed by atoms with Gasteiger partial charge in [-0.15, -0.1) is 30.0 Å². The Bertz CT molecular complexity index is 1630. The van der Waals surface area contributed by atoms with Gasteiger partial charge in [0.2, 0.25) is 11.8 Å². The number of esters is 1. The second-order valence-corrected chi connectivity index (χ2v) is 14.6. The lowest BCUT2D eigenvalue weighted by atomic mass is 9.66. The molecule has 242 valence electrons. The number of carbonyl (C=O) groups excluding carboxylic acids is 3. The summed E-state index contributed by atoms with van der Waals surface area (Å²) in [5.74, 6) is -2.39. The fourth-order valence-electron chi connectivity index (χ4n) is 7.75. The van der Waals surface area contributed by atoms with Crippen molar-refractivity contribution in [3.05, 3.63) is 85.5 Å². The fraction of sp³-hybridized carbons (Fsp3) is 0.457. The van der Waals surface area contributed by atoms with Crippen LogP contribution in [0.2, 0.25) is 0 Å². The summed E-state index contributed by atoms with van der Waals surface area (Å²) in [6.45, 7) is 9.90. The SMILES string of the molecule is C=CCCCOC(=O)[C@H]1[C@H]2C(=O)N([C@@H](CO)Cc3ccccc3)C(C(=O)N(CC=C)Cn3nnc4ccccc43)C23CC[C@]1(C)S3. The minimum Gasteiger partial charge on any atom is -0.465 e. The summed E-state index contributed by atoms with van der Waals surface area (Å²) in [6, 6.07) is 15.6. The first kappa shape index (κ1) is 32.0. The van der Waals surface area contributed by atoms with E-state index >= 15 is 0 Å². The molecule has 1 aromatic heterocycles. The van der Waals surface area contributed by atoms with Crippen LogP contribution in [-0.2, 0) is 32.2 Å². The van der Waals surface area contributed by atoms with E-state index in [9.17, 15) is 19.5 Å². The lowest BCUT2D eigenvalue weighted by molar-refractivity contribution is -0.156. The Morgan fingerprint density at radius 2 is 1.91 bits per heavy atom. The number of likely N-dealkylation sites (tertiary alicyclic amines) is 1. The number of carbonyl (C=O) groups is 3. The van der Waals surface area contributed by atoms with Crippen molar-refractivity contribution in [1.29, 1.82) is 0 Å². The molecule has 2 amide bonds. The molecule has 46 heavy (non-hydrogen) atoms. The number of nitrogens with zero attached hydrogens (tertiary/aromatic N) is 5. The first-order valence-corrected chi connectivity index (χ1v) is 16.7. The van der Waals surface area contributed by atoms with Gasteiger partial charge in [0.25, 0.3) is 0 Å². The van der Waals surface area contributed by atoms with E-state index in [1.165, 1.54) is 0 Å². The number of ether oxygens (including phenoxy) is 1. The molecule has 6 rings (SSSR count). The molecule has 2 aromatic carbocycles. The van der Waals surface area contributed by atoms with E-state index in [4.69, 9.17) is 4.74 Å². The average molecular weight is 644 g/mol. The van der Waals surface area contributed by atoms with Crippen LogP contribution in [0.3, 0.4) is 0 Å². The van der Waals surface area contributed by atoms with Crippen LogP contribution in [0.15, 0.2) is 79.9 Å². The van der Waals surface area contributed by atoms with E-state index in [1.54, 1.807) is 38.4 Å². The van der Waals surface area contributed by atoms with Crippen LogP contribution in [0.5, 0.6) is 0 Å². The number of benzene rings is 2. The van der Waals surface area contributed by atoms with Gasteiger partial charge >= 0.3 is 5.97 Å². The van der Waals surface area contributed by atoms with Gasteiger partial charge in [-0.2, -0.15) is 0 Å². The molecule has 10 nitrogen and oxygen atoms in total. The molecule has 2 bridgehead atoms. The van der Waals surface area contributed by atoms with E-state index in [0.29, 0.717) is 31.2 Å². The molecule has 3 aliphatic heterocycles. The maximum atomic E-state index is 15.0. The quantitative estimate of drug-likeness (QED) is 0.159. The molecule has 11 heteroatoms. The molecular formula is C35H41N5O5S. The van der Waals surface area contributed by atoms with Gasteiger partial charge in [0.1, 0.15) is 18.2 Å². The normalized spacial score (nSPS) is 27.0. The highest BCUT2D eigenvalue weighted by molar-refractivity contribution is 8.02. The maximum absolute atomic E-state index is 15.0.